The fraction of sp³-hybridized carbons (Fsp3) is 0.645. The molecule has 2 aliphatic heterocycles. The Kier molecular flexibility index (Phi) is 30.7. The van der Waals surface area contributed by atoms with Crippen molar-refractivity contribution in [3.63, 3.8) is 0 Å². The van der Waals surface area contributed by atoms with Gasteiger partial charge < -0.3 is 60.3 Å². The van der Waals surface area contributed by atoms with Gasteiger partial charge in [0.2, 0.25) is 17.6 Å². The van der Waals surface area contributed by atoms with Crippen LogP contribution in [0.15, 0.2) is 23.7 Å². The molecular weight excluding hydrogens is 1220 g/mol. The van der Waals surface area contributed by atoms with Gasteiger partial charge in [-0.3, -0.25) is 19.2 Å². The van der Waals surface area contributed by atoms with E-state index in [4.69, 9.17) is 34.6 Å². The Morgan fingerprint density at radius 3 is 1.71 bits per heavy atom. The zero-order chi connectivity index (χ0) is 43.0. The second-order valence-corrected chi connectivity index (χ2v) is 46.4. The molecule has 0 radical (unpaired) electrons. The fourth-order valence-corrected chi connectivity index (χ4v) is 5.08. The molecule has 0 spiro atoms. The van der Waals surface area contributed by atoms with Crippen LogP contribution < -0.4 is 21.3 Å². The average Bonchev–Trinajstić information content (AvgIpc) is 3.10. The molecule has 2 aliphatic rings. The zero-order valence-corrected chi connectivity index (χ0v) is 41.1. The molecule has 0 fully saturated rings. The van der Waals surface area contributed by atoms with Crippen molar-refractivity contribution in [3.8, 4) is 12.4 Å². The maximum atomic E-state index is 12.0. The van der Waals surface area contributed by atoms with E-state index in [1.807, 2.05) is 4.93 Å². The van der Waals surface area contributed by atoms with Crippen LogP contribution in [0.3, 0.4) is 0 Å². The molecule has 0 aromatic carbocycles. The van der Waals surface area contributed by atoms with Crippen molar-refractivity contribution in [2.75, 3.05) is 18.6 Å². The first kappa shape index (κ1) is 55.5. The molecule has 0 aromatic rings. The van der Waals surface area contributed by atoms with Gasteiger partial charge in [-0.15, -0.1) is 0 Å². The van der Waals surface area contributed by atoms with Crippen LogP contribution in [0.4, 0.5) is 0 Å². The molecular formula is C31H47I4N6O13V. The zero-order valence-electron chi connectivity index (χ0n) is 31.1. The summed E-state index contributed by atoms with van der Waals surface area (Å²) in [5.74, 6) is -2.77. The van der Waals surface area contributed by atoms with E-state index in [0.717, 1.165) is 14.0 Å². The molecule has 10 atom stereocenters. The molecule has 0 aliphatic carbocycles. The van der Waals surface area contributed by atoms with Crippen LogP contribution in [0.2, 0.25) is 0 Å². The Labute approximate surface area is 371 Å². The van der Waals surface area contributed by atoms with Crippen LogP contribution in [-0.2, 0) is 52.6 Å². The number of alkyl halides is 1. The van der Waals surface area contributed by atoms with Gasteiger partial charge in [-0.25, -0.2) is 4.79 Å². The van der Waals surface area contributed by atoms with E-state index in [2.05, 4.69) is 109 Å². The number of aliphatic hydroxyl groups excluding tert-OH is 3. The van der Waals surface area contributed by atoms with Gasteiger partial charge in [0, 0.05) is 27.7 Å². The van der Waals surface area contributed by atoms with E-state index in [1.165, 1.54) is 26.8 Å². The number of rotatable bonds is 13. The quantitative estimate of drug-likeness (QED) is 0.0342. The number of allylic oxidation sites excluding steroid dienone is 1. The van der Waals surface area contributed by atoms with Gasteiger partial charge >= 0.3 is 82.8 Å². The Bertz CT molecular complexity index is 1400. The number of nitriles is 2. The molecule has 24 heteroatoms. The molecule has 0 saturated carbocycles. The van der Waals surface area contributed by atoms with Crippen molar-refractivity contribution in [1.29, 1.82) is 10.5 Å². The summed E-state index contributed by atoms with van der Waals surface area (Å²) >= 11 is 9.54. The first-order chi connectivity index (χ1) is 25.8. The maximum absolute atomic E-state index is 12.0. The molecule has 2 rings (SSSR count). The van der Waals surface area contributed by atoms with Gasteiger partial charge in [0.15, 0.2) is 24.6 Å². The SMILES string of the molecule is CC(=O)N[C@H]1[C@H]([C@H](O)[C@H](O)CO)OC(C)=C[C@@H]1NC#N.CC[C@@H](OC(C)=O)[C@@H](OC(C)=O)[C@@H]1OC(C(=O)OC)=C[C@H](NC#N)[C@H]1NC(C)=O.CI.[I][V]([I])[I]. The minimum atomic E-state index is -1.41. The van der Waals surface area contributed by atoms with E-state index in [-0.39, 0.29) is 23.0 Å². The van der Waals surface area contributed by atoms with Crippen LogP contribution in [-0.4, -0.2) is 124 Å². The number of carbonyl (C=O) groups excluding carboxylic acids is 5. The summed E-state index contributed by atoms with van der Waals surface area (Å²) in [7, 11) is 1.14. The molecule has 7 N–H and O–H groups in total. The minimum absolute atomic E-state index is 0.248. The number of hydrogen-bond donors (Lipinski definition) is 7. The van der Waals surface area contributed by atoms with E-state index in [9.17, 15) is 34.2 Å². The topological polar surface area (TPSA) is 288 Å². The van der Waals surface area contributed by atoms with E-state index < -0.39 is 91.2 Å². The first-order valence-corrected chi connectivity index (χ1v) is 31.6. The van der Waals surface area contributed by atoms with Crippen molar-refractivity contribution in [3.05, 3.63) is 23.7 Å². The van der Waals surface area contributed by atoms with Crippen LogP contribution in [0.1, 0.15) is 48.0 Å². The van der Waals surface area contributed by atoms with Gasteiger partial charge in [-0.1, -0.05) is 29.5 Å². The summed E-state index contributed by atoms with van der Waals surface area (Å²) in [4.78, 5) is 60.0. The second kappa shape index (κ2) is 30.5. The van der Waals surface area contributed by atoms with Crippen LogP contribution in [0.5, 0.6) is 0 Å². The third-order valence-corrected chi connectivity index (χ3v) is 7.03. The molecule has 0 unspecified atom stereocenters. The summed E-state index contributed by atoms with van der Waals surface area (Å²) in [6.45, 7) is 7.58. The predicted molar refractivity (Wildman–Crippen MR) is 226 cm³/mol. The third kappa shape index (κ3) is 21.7. The van der Waals surface area contributed by atoms with Crippen LogP contribution in [0.25, 0.3) is 0 Å². The van der Waals surface area contributed by atoms with Gasteiger partial charge in [0.25, 0.3) is 0 Å². The third-order valence-electron chi connectivity index (χ3n) is 7.03. The fourth-order valence-electron chi connectivity index (χ4n) is 5.08. The molecule has 0 saturated heterocycles. The second-order valence-electron chi connectivity index (χ2n) is 11.0. The summed E-state index contributed by atoms with van der Waals surface area (Å²) in [6, 6.07) is -3.16. The number of amides is 2. The Balaban J connectivity index is 0. The first-order valence-electron chi connectivity index (χ1n) is 15.9. The van der Waals surface area contributed by atoms with Crippen molar-refractivity contribution in [2.45, 2.75) is 109 Å². The van der Waals surface area contributed by atoms with Crippen molar-refractivity contribution in [1.82, 2.24) is 21.3 Å². The summed E-state index contributed by atoms with van der Waals surface area (Å²) < 4.78 is 26.4. The normalized spacial score (nSPS) is 22.9. The molecule has 0 aromatic heterocycles. The van der Waals surface area contributed by atoms with Crippen molar-refractivity contribution < 1.29 is 67.9 Å². The van der Waals surface area contributed by atoms with Gasteiger partial charge in [0.1, 0.15) is 24.4 Å². The van der Waals surface area contributed by atoms with Gasteiger partial charge in [0.05, 0.1) is 43.6 Å². The predicted octanol–water partition coefficient (Wildman–Crippen LogP) is 1.31. The van der Waals surface area contributed by atoms with Crippen molar-refractivity contribution >= 4 is 112 Å². The standard InChI is InChI=1S/C18H25N3O8.C12H19N3O5.CH3I.3HI.V/c1-6-13(27-10(3)23)16(28-11(4)24)17-15(21-9(2)22)12(20-8-19)7-14(29-17)18(25)26-5;1-6-3-8(14-5-13)10(15-7(2)17)12(20-6)11(19)9(18)4-16;1-2;;;;/h7,12-13,15-17,20H,6H2,1-5H3,(H,21,22);3,8-12,14,16,18-19H,4H2,1-2H3,(H,15,17);1H3;3*1H;/q;;;;;;+3/p-3/t12-,13+,15+,16+,17+;8-,9+,10+,11+,12+;;;;;/m00...../s1. The van der Waals surface area contributed by atoms with E-state index >= 15 is 0 Å². The van der Waals surface area contributed by atoms with Crippen molar-refractivity contribution in [2.24, 2.45) is 0 Å². The number of nitrogens with zero attached hydrogens (tertiary/aromatic N) is 2. The number of aliphatic hydroxyl groups is 3. The summed E-state index contributed by atoms with van der Waals surface area (Å²) in [6.07, 6.45) is -0.461. The van der Waals surface area contributed by atoms with E-state index in [0.29, 0.717) is 5.76 Å². The number of nitrogens with one attached hydrogen (secondary N) is 4. The van der Waals surface area contributed by atoms with Gasteiger partial charge in [-0.05, 0) is 30.4 Å². The molecule has 2 amide bonds. The molecule has 0 bridgehead atoms. The summed E-state index contributed by atoms with van der Waals surface area (Å²) in [5.41, 5.74) is 0. The molecule has 312 valence electrons. The Hall–Kier alpha value is -1.61. The van der Waals surface area contributed by atoms with Crippen LogP contribution >= 0.6 is 82.5 Å². The molecule has 55 heavy (non-hydrogen) atoms. The average molecular weight is 1270 g/mol. The number of methoxy groups -OCH3 is 1. The monoisotopic (exact) mass is 1270 g/mol. The van der Waals surface area contributed by atoms with Gasteiger partial charge in [-0.2, -0.15) is 10.5 Å². The number of halogens is 4. The molecule has 19 nitrogen and oxygen atoms in total. The Morgan fingerprint density at radius 1 is 0.873 bits per heavy atom. The number of esters is 3. The number of carbonyl (C=O) groups is 5. The summed E-state index contributed by atoms with van der Waals surface area (Å²) in [5, 5.41) is 56.4. The molecule has 2 heterocycles. The van der Waals surface area contributed by atoms with E-state index in [1.54, 1.807) is 32.3 Å². The van der Waals surface area contributed by atoms with Crippen LogP contribution in [0, 0.1) is 22.9 Å². The number of hydrogen-bond acceptors (Lipinski definition) is 17. The number of ether oxygens (including phenoxy) is 5. The Morgan fingerprint density at radius 2 is 1.33 bits per heavy atom.